The van der Waals surface area contributed by atoms with Gasteiger partial charge in [-0.2, -0.15) is 0 Å². The van der Waals surface area contributed by atoms with Crippen molar-refractivity contribution in [1.82, 2.24) is 15.3 Å². The Hall–Kier alpha value is -1.52. The Morgan fingerprint density at radius 2 is 2.21 bits per heavy atom. The smallest absolute Gasteiger partial charge is 0.127 e. The minimum absolute atomic E-state index is 0.0383. The molecule has 0 saturated carbocycles. The first-order valence-corrected chi connectivity index (χ1v) is 6.51. The average Bonchev–Trinajstić information content (AvgIpc) is 2.42. The van der Waals surface area contributed by atoms with Gasteiger partial charge in [0.25, 0.3) is 0 Å². The number of hydrogen-bond acceptors (Lipinski definition) is 3. The summed E-state index contributed by atoms with van der Waals surface area (Å²) in [5.74, 6) is -0.288. The van der Waals surface area contributed by atoms with Crippen LogP contribution in [0, 0.1) is 5.82 Å². The molecule has 1 heterocycles. The summed E-state index contributed by atoms with van der Waals surface area (Å²) in [5, 5.41) is 3.71. The Morgan fingerprint density at radius 3 is 2.84 bits per heavy atom. The molecule has 1 unspecified atom stereocenters. The van der Waals surface area contributed by atoms with Gasteiger partial charge in [-0.3, -0.25) is 0 Å². The molecule has 0 amide bonds. The first-order valence-electron chi connectivity index (χ1n) is 6.14. The highest BCUT2D eigenvalue weighted by molar-refractivity contribution is 6.30. The number of benzene rings is 1. The van der Waals surface area contributed by atoms with E-state index in [1.54, 1.807) is 18.3 Å². The third kappa shape index (κ3) is 3.72. The second-order valence-electron chi connectivity index (χ2n) is 4.18. The van der Waals surface area contributed by atoms with Crippen molar-refractivity contribution < 1.29 is 4.39 Å². The van der Waals surface area contributed by atoms with Crippen molar-refractivity contribution >= 4 is 11.6 Å². The highest BCUT2D eigenvalue weighted by Crippen LogP contribution is 2.21. The molecule has 0 aliphatic rings. The van der Waals surface area contributed by atoms with Crippen molar-refractivity contribution in [3.8, 4) is 0 Å². The van der Waals surface area contributed by atoms with E-state index in [1.165, 1.54) is 12.4 Å². The summed E-state index contributed by atoms with van der Waals surface area (Å²) in [5.41, 5.74) is 1.47. The first kappa shape index (κ1) is 13.9. The van der Waals surface area contributed by atoms with Crippen molar-refractivity contribution in [2.24, 2.45) is 0 Å². The van der Waals surface area contributed by atoms with Crippen LogP contribution in [0.1, 0.15) is 24.2 Å². The van der Waals surface area contributed by atoms with Gasteiger partial charge in [-0.05, 0) is 36.7 Å². The van der Waals surface area contributed by atoms with Crippen LogP contribution in [0.2, 0.25) is 5.02 Å². The van der Waals surface area contributed by atoms with Gasteiger partial charge in [-0.1, -0.05) is 24.6 Å². The summed E-state index contributed by atoms with van der Waals surface area (Å²) in [6.45, 7) is 2.79. The van der Waals surface area contributed by atoms with Gasteiger partial charge < -0.3 is 5.32 Å². The van der Waals surface area contributed by atoms with Crippen LogP contribution in [0.3, 0.4) is 0 Å². The highest BCUT2D eigenvalue weighted by Gasteiger charge is 2.14. The molecular formula is C14H15ClFN3. The molecule has 2 aromatic rings. The first-order chi connectivity index (χ1) is 9.20. The van der Waals surface area contributed by atoms with E-state index in [1.807, 2.05) is 13.0 Å². The third-order valence-electron chi connectivity index (χ3n) is 2.85. The fraction of sp³-hybridized carbons (Fsp3) is 0.286. The number of likely N-dealkylation sites (N-methyl/N-ethyl adjacent to an activating group) is 1. The van der Waals surface area contributed by atoms with E-state index in [9.17, 15) is 4.39 Å². The lowest BCUT2D eigenvalue weighted by molar-refractivity contribution is 0.517. The number of aromatic nitrogens is 2. The predicted molar refractivity (Wildman–Crippen MR) is 73.6 cm³/mol. The molecule has 1 aromatic heterocycles. The van der Waals surface area contributed by atoms with Gasteiger partial charge in [-0.15, -0.1) is 0 Å². The van der Waals surface area contributed by atoms with E-state index in [2.05, 4.69) is 15.3 Å². The van der Waals surface area contributed by atoms with Gasteiger partial charge in [0.15, 0.2) is 0 Å². The minimum Gasteiger partial charge on any atom is -0.309 e. The zero-order valence-electron chi connectivity index (χ0n) is 10.6. The van der Waals surface area contributed by atoms with Gasteiger partial charge in [-0.25, -0.2) is 14.4 Å². The molecule has 0 saturated heterocycles. The molecule has 0 bridgehead atoms. The van der Waals surface area contributed by atoms with E-state index in [0.29, 0.717) is 17.0 Å². The number of hydrogen-bond donors (Lipinski definition) is 1. The van der Waals surface area contributed by atoms with E-state index < -0.39 is 0 Å². The summed E-state index contributed by atoms with van der Waals surface area (Å²) in [7, 11) is 0. The maximum atomic E-state index is 13.8. The molecule has 0 radical (unpaired) electrons. The molecule has 3 nitrogen and oxygen atoms in total. The van der Waals surface area contributed by atoms with Crippen LogP contribution in [0.5, 0.6) is 0 Å². The average molecular weight is 280 g/mol. The van der Waals surface area contributed by atoms with Crippen molar-refractivity contribution in [2.75, 3.05) is 6.54 Å². The molecule has 0 spiro atoms. The third-order valence-corrected chi connectivity index (χ3v) is 3.09. The van der Waals surface area contributed by atoms with Gasteiger partial charge >= 0.3 is 0 Å². The second kappa shape index (κ2) is 6.59. The SMILES string of the molecule is CCNC(Cc1ccc(Cl)cc1F)c1ccncn1. The quantitative estimate of drug-likeness (QED) is 0.914. The number of halogens is 2. The lowest BCUT2D eigenvalue weighted by Crippen LogP contribution is -2.24. The minimum atomic E-state index is -0.288. The molecule has 1 aromatic carbocycles. The van der Waals surface area contributed by atoms with Gasteiger partial charge in [0, 0.05) is 11.2 Å². The van der Waals surface area contributed by atoms with Crippen LogP contribution in [0.15, 0.2) is 36.8 Å². The van der Waals surface area contributed by atoms with E-state index in [0.717, 1.165) is 12.2 Å². The lowest BCUT2D eigenvalue weighted by atomic mass is 10.0. The van der Waals surface area contributed by atoms with Crippen LogP contribution in [-0.4, -0.2) is 16.5 Å². The molecular weight excluding hydrogens is 265 g/mol. The second-order valence-corrected chi connectivity index (χ2v) is 4.62. The van der Waals surface area contributed by atoms with Crippen molar-refractivity contribution in [3.05, 3.63) is 58.9 Å². The van der Waals surface area contributed by atoms with Crippen LogP contribution >= 0.6 is 11.6 Å². The summed E-state index contributed by atoms with van der Waals surface area (Å²) in [4.78, 5) is 8.11. The molecule has 1 N–H and O–H groups in total. The maximum Gasteiger partial charge on any atom is 0.127 e. The predicted octanol–water partition coefficient (Wildman–Crippen LogP) is 3.16. The highest BCUT2D eigenvalue weighted by atomic mass is 35.5. The zero-order chi connectivity index (χ0) is 13.7. The molecule has 19 heavy (non-hydrogen) atoms. The molecule has 0 aliphatic carbocycles. The maximum absolute atomic E-state index is 13.8. The van der Waals surface area contributed by atoms with Crippen LogP contribution < -0.4 is 5.32 Å². The Bertz CT molecular complexity index is 533. The van der Waals surface area contributed by atoms with Crippen LogP contribution in [0.4, 0.5) is 4.39 Å². The molecule has 1 atom stereocenters. The van der Waals surface area contributed by atoms with Crippen LogP contribution in [-0.2, 0) is 6.42 Å². The number of rotatable bonds is 5. The van der Waals surface area contributed by atoms with Crippen molar-refractivity contribution in [2.45, 2.75) is 19.4 Å². The lowest BCUT2D eigenvalue weighted by Gasteiger charge is -2.17. The fourth-order valence-electron chi connectivity index (χ4n) is 1.94. The Labute approximate surface area is 116 Å². The van der Waals surface area contributed by atoms with Gasteiger partial charge in [0.1, 0.15) is 12.1 Å². The van der Waals surface area contributed by atoms with Gasteiger partial charge in [0.05, 0.1) is 11.7 Å². The van der Waals surface area contributed by atoms with Crippen molar-refractivity contribution in [3.63, 3.8) is 0 Å². The number of nitrogens with one attached hydrogen (secondary N) is 1. The van der Waals surface area contributed by atoms with E-state index in [-0.39, 0.29) is 11.9 Å². The summed E-state index contributed by atoms with van der Waals surface area (Å²) < 4.78 is 13.8. The Balaban J connectivity index is 2.21. The standard InChI is InChI=1S/C14H15ClFN3/c1-2-18-14(13-5-6-17-9-19-13)7-10-3-4-11(15)8-12(10)16/h3-6,8-9,14,18H,2,7H2,1H3. The zero-order valence-corrected chi connectivity index (χ0v) is 11.4. The fourth-order valence-corrected chi connectivity index (χ4v) is 2.10. The number of nitrogens with zero attached hydrogens (tertiary/aromatic N) is 2. The monoisotopic (exact) mass is 279 g/mol. The van der Waals surface area contributed by atoms with E-state index >= 15 is 0 Å². The topological polar surface area (TPSA) is 37.8 Å². The Kier molecular flexibility index (Phi) is 4.82. The summed E-state index contributed by atoms with van der Waals surface area (Å²) in [6.07, 6.45) is 3.70. The molecule has 0 aliphatic heterocycles. The summed E-state index contributed by atoms with van der Waals surface area (Å²) >= 11 is 5.76. The van der Waals surface area contributed by atoms with Gasteiger partial charge in [0.2, 0.25) is 0 Å². The summed E-state index contributed by atoms with van der Waals surface area (Å²) in [6, 6.07) is 6.54. The molecule has 5 heteroatoms. The van der Waals surface area contributed by atoms with Crippen LogP contribution in [0.25, 0.3) is 0 Å². The molecule has 2 rings (SSSR count). The van der Waals surface area contributed by atoms with Crippen molar-refractivity contribution in [1.29, 1.82) is 0 Å². The Morgan fingerprint density at radius 1 is 1.37 bits per heavy atom. The normalized spacial score (nSPS) is 12.4. The molecule has 100 valence electrons. The molecule has 0 fully saturated rings. The largest absolute Gasteiger partial charge is 0.309 e. The van der Waals surface area contributed by atoms with E-state index in [4.69, 9.17) is 11.6 Å².